The predicted octanol–water partition coefficient (Wildman–Crippen LogP) is 1.85. The molecule has 0 amide bonds. The Bertz CT molecular complexity index is 318. The highest BCUT2D eigenvalue weighted by atomic mass is 16.5. The van der Waals surface area contributed by atoms with E-state index in [1.54, 1.807) is 0 Å². The van der Waals surface area contributed by atoms with Gasteiger partial charge in [-0.1, -0.05) is 42.5 Å². The first kappa shape index (κ1) is 9.44. The lowest BCUT2D eigenvalue weighted by atomic mass is 9.89. The lowest BCUT2D eigenvalue weighted by Gasteiger charge is -2.33. The molecule has 0 aromatic heterocycles. The van der Waals surface area contributed by atoms with Gasteiger partial charge < -0.3 is 9.84 Å². The minimum Gasteiger partial charge on any atom is -0.393 e. The normalized spacial score (nSPS) is 26.4. The second kappa shape index (κ2) is 3.95. The Kier molecular flexibility index (Phi) is 2.66. The van der Waals surface area contributed by atoms with Crippen LogP contribution < -0.4 is 0 Å². The highest BCUT2D eigenvalue weighted by Crippen LogP contribution is 2.31. The molecular formula is C12H14O2. The average Bonchev–Trinajstić information content (AvgIpc) is 2.31. The smallest absolute Gasteiger partial charge is 0.120 e. The molecule has 1 heterocycles. The number of hydrogen-bond donors (Lipinski definition) is 1. The van der Waals surface area contributed by atoms with Crippen molar-refractivity contribution >= 4 is 0 Å². The van der Waals surface area contributed by atoms with Crippen LogP contribution in [0.2, 0.25) is 0 Å². The van der Waals surface area contributed by atoms with E-state index in [4.69, 9.17) is 4.74 Å². The van der Waals surface area contributed by atoms with E-state index in [2.05, 4.69) is 6.08 Å². The van der Waals surface area contributed by atoms with Crippen LogP contribution in [0.1, 0.15) is 12.0 Å². The van der Waals surface area contributed by atoms with E-state index in [-0.39, 0.29) is 6.61 Å². The van der Waals surface area contributed by atoms with Gasteiger partial charge in [0.1, 0.15) is 5.60 Å². The molecule has 2 nitrogen and oxygen atoms in total. The van der Waals surface area contributed by atoms with Crippen molar-refractivity contribution in [1.82, 2.24) is 0 Å². The molecule has 1 aliphatic heterocycles. The van der Waals surface area contributed by atoms with Crippen molar-refractivity contribution in [2.75, 3.05) is 13.2 Å². The zero-order chi connectivity index (χ0) is 9.86. The van der Waals surface area contributed by atoms with Crippen LogP contribution in [0.15, 0.2) is 42.5 Å². The Hall–Kier alpha value is -1.12. The zero-order valence-corrected chi connectivity index (χ0v) is 8.02. The maximum atomic E-state index is 9.44. The Morgan fingerprint density at radius 3 is 2.57 bits per heavy atom. The van der Waals surface area contributed by atoms with Gasteiger partial charge in [0.15, 0.2) is 0 Å². The summed E-state index contributed by atoms with van der Waals surface area (Å²) in [5, 5.41) is 9.44. The molecule has 74 valence electrons. The number of rotatable bonds is 2. The zero-order valence-electron chi connectivity index (χ0n) is 8.02. The first-order chi connectivity index (χ1) is 6.87. The molecule has 0 fully saturated rings. The molecule has 0 unspecified atom stereocenters. The van der Waals surface area contributed by atoms with Gasteiger partial charge in [0.25, 0.3) is 0 Å². The Balaban J connectivity index is 2.33. The molecule has 1 aromatic carbocycles. The van der Waals surface area contributed by atoms with Crippen molar-refractivity contribution in [1.29, 1.82) is 0 Å². The molecule has 0 saturated carbocycles. The molecule has 1 N–H and O–H groups in total. The van der Waals surface area contributed by atoms with Crippen molar-refractivity contribution in [3.8, 4) is 0 Å². The van der Waals surface area contributed by atoms with E-state index in [1.807, 2.05) is 36.4 Å². The van der Waals surface area contributed by atoms with Gasteiger partial charge in [-0.25, -0.2) is 0 Å². The van der Waals surface area contributed by atoms with Gasteiger partial charge in [-0.3, -0.25) is 0 Å². The summed E-state index contributed by atoms with van der Waals surface area (Å²) in [6.45, 7) is 0.608. The standard InChI is InChI=1S/C12H14O2/c13-10-12(8-4-5-9-14-12)11-6-2-1-3-7-11/h1-7,13H,8-10H2/t12-/m0/s1. The molecule has 1 aliphatic rings. The van der Waals surface area contributed by atoms with Crippen molar-refractivity contribution in [3.63, 3.8) is 0 Å². The molecule has 1 aromatic rings. The third kappa shape index (κ3) is 1.59. The monoisotopic (exact) mass is 190 g/mol. The second-order valence-electron chi connectivity index (χ2n) is 3.50. The summed E-state index contributed by atoms with van der Waals surface area (Å²) in [6, 6.07) is 9.89. The van der Waals surface area contributed by atoms with Gasteiger partial charge >= 0.3 is 0 Å². The number of benzene rings is 1. The summed E-state index contributed by atoms with van der Waals surface area (Å²) in [4.78, 5) is 0. The summed E-state index contributed by atoms with van der Waals surface area (Å²) < 4.78 is 5.66. The lowest BCUT2D eigenvalue weighted by molar-refractivity contribution is -0.0781. The first-order valence-electron chi connectivity index (χ1n) is 4.83. The van der Waals surface area contributed by atoms with Crippen LogP contribution in [0.5, 0.6) is 0 Å². The third-order valence-electron chi connectivity index (χ3n) is 2.63. The topological polar surface area (TPSA) is 29.5 Å². The molecule has 1 atom stereocenters. The summed E-state index contributed by atoms with van der Waals surface area (Å²) in [5.41, 5.74) is 0.530. The highest BCUT2D eigenvalue weighted by Gasteiger charge is 2.32. The van der Waals surface area contributed by atoms with E-state index in [9.17, 15) is 5.11 Å². The van der Waals surface area contributed by atoms with Crippen molar-refractivity contribution < 1.29 is 9.84 Å². The summed E-state index contributed by atoms with van der Waals surface area (Å²) in [7, 11) is 0. The first-order valence-corrected chi connectivity index (χ1v) is 4.83. The van der Waals surface area contributed by atoms with Crippen LogP contribution in [0.25, 0.3) is 0 Å². The van der Waals surface area contributed by atoms with E-state index in [1.165, 1.54) is 0 Å². The summed E-state index contributed by atoms with van der Waals surface area (Å²) in [6.07, 6.45) is 4.79. The second-order valence-corrected chi connectivity index (χ2v) is 3.50. The maximum Gasteiger partial charge on any atom is 0.120 e. The fraction of sp³-hybridized carbons (Fsp3) is 0.333. The Labute approximate surface area is 83.8 Å². The Morgan fingerprint density at radius 2 is 2.00 bits per heavy atom. The third-order valence-corrected chi connectivity index (χ3v) is 2.63. The molecule has 0 bridgehead atoms. The maximum absolute atomic E-state index is 9.44. The molecule has 0 spiro atoms. The van der Waals surface area contributed by atoms with E-state index in [0.29, 0.717) is 6.61 Å². The Morgan fingerprint density at radius 1 is 1.21 bits per heavy atom. The van der Waals surface area contributed by atoms with Crippen LogP contribution >= 0.6 is 0 Å². The molecular weight excluding hydrogens is 176 g/mol. The largest absolute Gasteiger partial charge is 0.393 e. The quantitative estimate of drug-likeness (QED) is 0.721. The molecule has 2 heteroatoms. The number of aliphatic hydroxyl groups excluding tert-OH is 1. The van der Waals surface area contributed by atoms with E-state index < -0.39 is 5.60 Å². The van der Waals surface area contributed by atoms with Gasteiger partial charge in [0, 0.05) is 6.42 Å². The predicted molar refractivity (Wildman–Crippen MR) is 54.9 cm³/mol. The number of hydrogen-bond acceptors (Lipinski definition) is 2. The molecule has 0 radical (unpaired) electrons. The minimum atomic E-state index is -0.518. The van der Waals surface area contributed by atoms with Gasteiger partial charge in [0.2, 0.25) is 0 Å². The van der Waals surface area contributed by atoms with Crippen molar-refractivity contribution in [3.05, 3.63) is 48.0 Å². The lowest BCUT2D eigenvalue weighted by Crippen LogP contribution is -2.35. The molecule has 0 saturated heterocycles. The SMILES string of the molecule is OC[C@]1(c2ccccc2)CC=CCO1. The van der Waals surface area contributed by atoms with E-state index >= 15 is 0 Å². The highest BCUT2D eigenvalue weighted by molar-refractivity contribution is 5.24. The molecule has 0 aliphatic carbocycles. The van der Waals surface area contributed by atoms with Crippen molar-refractivity contribution in [2.45, 2.75) is 12.0 Å². The summed E-state index contributed by atoms with van der Waals surface area (Å²) in [5.74, 6) is 0. The number of aliphatic hydroxyl groups is 1. The fourth-order valence-corrected chi connectivity index (χ4v) is 1.75. The van der Waals surface area contributed by atoms with E-state index in [0.717, 1.165) is 12.0 Å². The van der Waals surface area contributed by atoms with Crippen LogP contribution in [0.4, 0.5) is 0 Å². The molecule has 2 rings (SSSR count). The van der Waals surface area contributed by atoms with Gasteiger partial charge in [0.05, 0.1) is 13.2 Å². The van der Waals surface area contributed by atoms with Crippen molar-refractivity contribution in [2.24, 2.45) is 0 Å². The minimum absolute atomic E-state index is 0.0291. The number of ether oxygens (including phenoxy) is 1. The van der Waals surface area contributed by atoms with Crippen LogP contribution in [-0.4, -0.2) is 18.3 Å². The summed E-state index contributed by atoms with van der Waals surface area (Å²) >= 11 is 0. The molecule has 14 heavy (non-hydrogen) atoms. The van der Waals surface area contributed by atoms with Crippen LogP contribution in [-0.2, 0) is 10.3 Å². The van der Waals surface area contributed by atoms with Gasteiger partial charge in [-0.05, 0) is 5.56 Å². The average molecular weight is 190 g/mol. The van der Waals surface area contributed by atoms with Gasteiger partial charge in [-0.15, -0.1) is 0 Å². The fourth-order valence-electron chi connectivity index (χ4n) is 1.75. The van der Waals surface area contributed by atoms with Crippen LogP contribution in [0.3, 0.4) is 0 Å². The van der Waals surface area contributed by atoms with Gasteiger partial charge in [-0.2, -0.15) is 0 Å². The van der Waals surface area contributed by atoms with Crippen LogP contribution in [0, 0.1) is 0 Å².